The quantitative estimate of drug-likeness (QED) is 0.803. The van der Waals surface area contributed by atoms with Crippen molar-refractivity contribution in [2.24, 2.45) is 0 Å². The van der Waals surface area contributed by atoms with Crippen molar-refractivity contribution < 1.29 is 9.42 Å². The first-order chi connectivity index (χ1) is 7.64. The largest absolute Gasteiger partial charge is 0.450 e. The molecule has 0 amide bonds. The molecule has 3 heteroatoms. The van der Waals surface area contributed by atoms with Crippen LogP contribution in [0.4, 0.5) is 0 Å². The lowest BCUT2D eigenvalue weighted by Crippen LogP contribution is -2.16. The van der Waals surface area contributed by atoms with E-state index in [1.165, 1.54) is 11.1 Å². The van der Waals surface area contributed by atoms with Crippen molar-refractivity contribution >= 4 is 9.03 Å². The second-order valence-corrected chi connectivity index (χ2v) is 6.83. The molecule has 2 nitrogen and oxygen atoms in total. The molecule has 0 saturated heterocycles. The van der Waals surface area contributed by atoms with Crippen LogP contribution >= 0.6 is 9.03 Å². The molecule has 1 atom stereocenters. The predicted octanol–water partition coefficient (Wildman–Crippen LogP) is 4.16. The molecular weight excluding hydrogens is 231 g/mol. The van der Waals surface area contributed by atoms with Gasteiger partial charge in [0.15, 0.2) is 0 Å². The van der Waals surface area contributed by atoms with E-state index in [0.29, 0.717) is 0 Å². The molecule has 1 rings (SSSR count). The van der Waals surface area contributed by atoms with Crippen LogP contribution in [-0.4, -0.2) is 4.89 Å². The van der Waals surface area contributed by atoms with Crippen LogP contribution in [0, 0.1) is 0 Å². The average molecular weight is 254 g/mol. The molecule has 1 aromatic rings. The zero-order valence-electron chi connectivity index (χ0n) is 11.6. The van der Waals surface area contributed by atoms with Crippen LogP contribution in [0.15, 0.2) is 18.2 Å². The van der Waals surface area contributed by atoms with E-state index in [-0.39, 0.29) is 10.8 Å². The summed E-state index contributed by atoms with van der Waals surface area (Å²) in [6.45, 7) is 13.1. The maximum atomic E-state index is 8.91. The van der Waals surface area contributed by atoms with Crippen molar-refractivity contribution in [3.05, 3.63) is 29.3 Å². The standard InChI is InChI=1S/C14H23O2P/c1-13(2,3)10-7-11(14(4,5)6)9-12(8-10)16-17-15/h7-9,15,17H,1-6H3. The summed E-state index contributed by atoms with van der Waals surface area (Å²) in [4.78, 5) is 8.91. The molecule has 0 bridgehead atoms. The lowest BCUT2D eigenvalue weighted by atomic mass is 9.80. The van der Waals surface area contributed by atoms with Gasteiger partial charge >= 0.3 is 0 Å². The Kier molecular flexibility index (Phi) is 4.22. The normalized spacial score (nSPS) is 13.4. The maximum Gasteiger partial charge on any atom is 0.212 e. The first kappa shape index (κ1) is 14.5. The Hall–Kier alpha value is -0.590. The minimum Gasteiger partial charge on any atom is -0.450 e. The van der Waals surface area contributed by atoms with Crippen LogP contribution in [-0.2, 0) is 10.8 Å². The second-order valence-electron chi connectivity index (χ2n) is 6.44. The van der Waals surface area contributed by atoms with Gasteiger partial charge in [-0.15, -0.1) is 0 Å². The van der Waals surface area contributed by atoms with Crippen LogP contribution in [0.3, 0.4) is 0 Å². The lowest BCUT2D eigenvalue weighted by Gasteiger charge is -2.25. The van der Waals surface area contributed by atoms with Crippen LogP contribution in [0.2, 0.25) is 0 Å². The minimum absolute atomic E-state index is 0.0813. The van der Waals surface area contributed by atoms with E-state index in [4.69, 9.17) is 9.42 Å². The Morgan fingerprint density at radius 1 is 0.882 bits per heavy atom. The van der Waals surface area contributed by atoms with E-state index < -0.39 is 9.03 Å². The van der Waals surface area contributed by atoms with Crippen LogP contribution in [0.5, 0.6) is 5.75 Å². The fourth-order valence-electron chi connectivity index (χ4n) is 1.58. The average Bonchev–Trinajstić information content (AvgIpc) is 2.15. The summed E-state index contributed by atoms with van der Waals surface area (Å²) in [5.74, 6) is 0.753. The first-order valence-electron chi connectivity index (χ1n) is 5.86. The Bertz CT molecular complexity index is 354. The highest BCUT2D eigenvalue weighted by molar-refractivity contribution is 7.25. The second kappa shape index (κ2) is 4.96. The molecule has 1 unspecified atom stereocenters. The van der Waals surface area contributed by atoms with Gasteiger partial charge in [0.25, 0.3) is 0 Å². The third-order valence-corrected chi connectivity index (χ3v) is 3.13. The predicted molar refractivity (Wildman–Crippen MR) is 75.0 cm³/mol. The molecule has 0 radical (unpaired) electrons. The number of rotatable bonds is 2. The van der Waals surface area contributed by atoms with Gasteiger partial charge in [-0.05, 0) is 34.1 Å². The summed E-state index contributed by atoms with van der Waals surface area (Å²) in [6.07, 6.45) is 0. The van der Waals surface area contributed by atoms with Crippen LogP contribution in [0.25, 0.3) is 0 Å². The lowest BCUT2D eigenvalue weighted by molar-refractivity contribution is 0.505. The first-order valence-corrected chi connectivity index (χ1v) is 6.72. The third kappa shape index (κ3) is 3.97. The van der Waals surface area contributed by atoms with Gasteiger partial charge in [0.05, 0.1) is 0 Å². The van der Waals surface area contributed by atoms with Crippen LogP contribution < -0.4 is 4.52 Å². The van der Waals surface area contributed by atoms with Gasteiger partial charge in [-0.25, -0.2) is 0 Å². The van der Waals surface area contributed by atoms with Crippen molar-refractivity contribution in [1.29, 1.82) is 0 Å². The molecule has 0 saturated carbocycles. The molecule has 0 aliphatic heterocycles. The van der Waals surface area contributed by atoms with E-state index in [0.717, 1.165) is 5.75 Å². The zero-order chi connectivity index (χ0) is 13.3. The molecule has 0 spiro atoms. The Balaban J connectivity index is 3.29. The minimum atomic E-state index is -0.505. The molecule has 0 aromatic heterocycles. The van der Waals surface area contributed by atoms with Gasteiger partial charge in [-0.1, -0.05) is 47.6 Å². The highest BCUT2D eigenvalue weighted by Gasteiger charge is 2.20. The van der Waals surface area contributed by atoms with Gasteiger partial charge in [-0.3, -0.25) is 0 Å². The van der Waals surface area contributed by atoms with Crippen LogP contribution in [0.1, 0.15) is 52.7 Å². The van der Waals surface area contributed by atoms with Gasteiger partial charge < -0.3 is 9.42 Å². The molecule has 0 aliphatic rings. The maximum absolute atomic E-state index is 8.91. The molecule has 0 fully saturated rings. The third-order valence-electron chi connectivity index (χ3n) is 2.80. The van der Waals surface area contributed by atoms with Crippen molar-refractivity contribution in [3.63, 3.8) is 0 Å². The smallest absolute Gasteiger partial charge is 0.212 e. The highest BCUT2D eigenvalue weighted by atomic mass is 31.1. The molecular formula is C14H23O2P. The van der Waals surface area contributed by atoms with Gasteiger partial charge in [0.2, 0.25) is 9.03 Å². The number of hydrogen-bond donors (Lipinski definition) is 1. The van der Waals surface area contributed by atoms with Crippen molar-refractivity contribution in [2.75, 3.05) is 0 Å². The molecule has 96 valence electrons. The van der Waals surface area contributed by atoms with E-state index in [2.05, 4.69) is 47.6 Å². The fraction of sp³-hybridized carbons (Fsp3) is 0.571. The van der Waals surface area contributed by atoms with E-state index in [1.807, 2.05) is 12.1 Å². The van der Waals surface area contributed by atoms with E-state index in [9.17, 15) is 0 Å². The molecule has 17 heavy (non-hydrogen) atoms. The summed E-state index contributed by atoms with van der Waals surface area (Å²) in [6, 6.07) is 6.25. The summed E-state index contributed by atoms with van der Waals surface area (Å²) >= 11 is 0. The monoisotopic (exact) mass is 254 g/mol. The van der Waals surface area contributed by atoms with Gasteiger partial charge in [0.1, 0.15) is 5.75 Å². The Morgan fingerprint density at radius 3 is 1.59 bits per heavy atom. The molecule has 1 aromatic carbocycles. The molecule has 1 N–H and O–H groups in total. The Labute approximate surface area is 106 Å². The van der Waals surface area contributed by atoms with Gasteiger partial charge in [-0.2, -0.15) is 0 Å². The topological polar surface area (TPSA) is 29.5 Å². The Morgan fingerprint density at radius 2 is 1.29 bits per heavy atom. The van der Waals surface area contributed by atoms with Gasteiger partial charge in [0, 0.05) is 0 Å². The summed E-state index contributed by atoms with van der Waals surface area (Å²) in [5.41, 5.74) is 2.63. The number of hydrogen-bond acceptors (Lipinski definition) is 2. The summed E-state index contributed by atoms with van der Waals surface area (Å²) < 4.78 is 5.26. The zero-order valence-corrected chi connectivity index (χ0v) is 12.6. The van der Waals surface area contributed by atoms with Crippen molar-refractivity contribution in [1.82, 2.24) is 0 Å². The fourth-order valence-corrected chi connectivity index (χ4v) is 1.80. The summed E-state index contributed by atoms with van der Waals surface area (Å²) in [7, 11) is -0.505. The molecule has 0 aliphatic carbocycles. The van der Waals surface area contributed by atoms with Crippen molar-refractivity contribution in [3.8, 4) is 5.75 Å². The van der Waals surface area contributed by atoms with Crippen molar-refractivity contribution in [2.45, 2.75) is 52.4 Å². The number of benzene rings is 1. The summed E-state index contributed by atoms with van der Waals surface area (Å²) in [5, 5.41) is 0. The molecule has 0 heterocycles. The van der Waals surface area contributed by atoms with E-state index in [1.54, 1.807) is 0 Å². The highest BCUT2D eigenvalue weighted by Crippen LogP contribution is 2.34. The van der Waals surface area contributed by atoms with E-state index >= 15 is 0 Å². The SMILES string of the molecule is CC(C)(C)c1cc(OPO)cc(C(C)(C)C)c1.